The van der Waals surface area contributed by atoms with Gasteiger partial charge in [0, 0.05) is 13.2 Å². The summed E-state index contributed by atoms with van der Waals surface area (Å²) in [5.74, 6) is 0. The Hall–Kier alpha value is -0.0400. The fraction of sp³-hybridized carbons (Fsp3) is 0.944. The zero-order chi connectivity index (χ0) is 14.0. The summed E-state index contributed by atoms with van der Waals surface area (Å²) in [6.45, 7) is 8.09. The lowest BCUT2D eigenvalue weighted by molar-refractivity contribution is 0.125. The lowest BCUT2D eigenvalue weighted by Crippen LogP contribution is -1.97. The van der Waals surface area contributed by atoms with Crippen LogP contribution in [0.5, 0.6) is 0 Å². The number of unbranched alkanes of at least 4 members (excludes halogenated alkanes) is 12. The average Bonchev–Trinajstić information content (AvgIpc) is 2.43. The molecule has 0 fully saturated rings. The molecule has 115 valence electrons. The predicted molar refractivity (Wildman–Crippen MR) is 86.5 cm³/mol. The Morgan fingerprint density at radius 1 is 0.579 bits per heavy atom. The van der Waals surface area contributed by atoms with Crippen LogP contribution >= 0.6 is 0 Å². The first-order chi connectivity index (χ1) is 9.41. The molecule has 1 radical (unpaired) electrons. The molecular formula is C18H37O. The molecule has 0 spiro atoms. The van der Waals surface area contributed by atoms with Gasteiger partial charge in [0.05, 0.1) is 0 Å². The first-order valence-corrected chi connectivity index (χ1v) is 8.78. The molecule has 0 bridgehead atoms. The molecule has 19 heavy (non-hydrogen) atoms. The van der Waals surface area contributed by atoms with Gasteiger partial charge in [-0.25, -0.2) is 0 Å². The maximum atomic E-state index is 5.67. The highest BCUT2D eigenvalue weighted by Gasteiger charge is 1.93. The first-order valence-electron chi connectivity index (χ1n) is 8.78. The van der Waals surface area contributed by atoms with Crippen LogP contribution in [0.4, 0.5) is 0 Å². The molecule has 0 saturated carbocycles. The maximum Gasteiger partial charge on any atom is 0.0466 e. The summed E-state index contributed by atoms with van der Waals surface area (Å²) in [5.41, 5.74) is 0. The maximum absolute atomic E-state index is 5.67. The van der Waals surface area contributed by atoms with Crippen molar-refractivity contribution in [3.05, 3.63) is 6.92 Å². The summed E-state index contributed by atoms with van der Waals surface area (Å²) in [4.78, 5) is 0. The van der Waals surface area contributed by atoms with E-state index in [1.54, 1.807) is 0 Å². The monoisotopic (exact) mass is 269 g/mol. The van der Waals surface area contributed by atoms with Crippen molar-refractivity contribution in [1.29, 1.82) is 0 Å². The Kier molecular flexibility index (Phi) is 17.9. The van der Waals surface area contributed by atoms with Crippen molar-refractivity contribution in [3.63, 3.8) is 0 Å². The van der Waals surface area contributed by atoms with Gasteiger partial charge in [0.25, 0.3) is 0 Å². The van der Waals surface area contributed by atoms with Crippen molar-refractivity contribution in [2.24, 2.45) is 0 Å². The highest BCUT2D eigenvalue weighted by atomic mass is 16.5. The fourth-order valence-electron chi connectivity index (χ4n) is 2.35. The Labute approximate surface area is 122 Å². The zero-order valence-electron chi connectivity index (χ0n) is 13.4. The third kappa shape index (κ3) is 18.0. The predicted octanol–water partition coefficient (Wildman–Crippen LogP) is 6.32. The molecule has 0 aromatic heterocycles. The van der Waals surface area contributed by atoms with Crippen LogP contribution < -0.4 is 0 Å². The standard InChI is InChI=1S/C18H37O/c1-3-5-7-9-11-12-14-16-18-19-17-15-13-10-8-6-4-2/h2-18H2,1H3. The van der Waals surface area contributed by atoms with Crippen molar-refractivity contribution in [3.8, 4) is 0 Å². The second-order valence-electron chi connectivity index (χ2n) is 5.71. The molecule has 0 rings (SSSR count). The molecule has 0 atom stereocenters. The highest BCUT2D eigenvalue weighted by molar-refractivity contribution is 4.47. The molecule has 0 N–H and O–H groups in total. The van der Waals surface area contributed by atoms with E-state index in [-0.39, 0.29) is 0 Å². The molecule has 0 aromatic carbocycles. The second kappa shape index (κ2) is 18.0. The molecule has 0 aliphatic carbocycles. The van der Waals surface area contributed by atoms with E-state index >= 15 is 0 Å². The van der Waals surface area contributed by atoms with Gasteiger partial charge in [0.15, 0.2) is 0 Å². The van der Waals surface area contributed by atoms with Crippen molar-refractivity contribution in [1.82, 2.24) is 0 Å². The molecule has 0 amide bonds. The molecule has 0 heterocycles. The second-order valence-corrected chi connectivity index (χ2v) is 5.71. The van der Waals surface area contributed by atoms with Gasteiger partial charge in [0.1, 0.15) is 0 Å². The molecule has 0 aliphatic heterocycles. The Bertz CT molecular complexity index is 129. The minimum absolute atomic E-state index is 0.973. The topological polar surface area (TPSA) is 9.23 Å². The van der Waals surface area contributed by atoms with Crippen LogP contribution in [-0.4, -0.2) is 13.2 Å². The van der Waals surface area contributed by atoms with Crippen LogP contribution in [0.2, 0.25) is 0 Å². The van der Waals surface area contributed by atoms with Gasteiger partial charge in [-0.15, -0.1) is 0 Å². The van der Waals surface area contributed by atoms with E-state index in [9.17, 15) is 0 Å². The summed E-state index contributed by atoms with van der Waals surface area (Å²) in [7, 11) is 0. The van der Waals surface area contributed by atoms with Crippen LogP contribution in [0.1, 0.15) is 96.8 Å². The quantitative estimate of drug-likeness (QED) is 0.298. The molecule has 0 unspecified atom stereocenters. The molecular weight excluding hydrogens is 232 g/mol. The third-order valence-corrected chi connectivity index (χ3v) is 3.68. The Morgan fingerprint density at radius 2 is 1.00 bits per heavy atom. The third-order valence-electron chi connectivity index (χ3n) is 3.68. The lowest BCUT2D eigenvalue weighted by atomic mass is 10.1. The van der Waals surface area contributed by atoms with Crippen LogP contribution in [-0.2, 0) is 4.74 Å². The Morgan fingerprint density at radius 3 is 1.47 bits per heavy atom. The van der Waals surface area contributed by atoms with E-state index in [0.717, 1.165) is 19.6 Å². The number of ether oxygens (including phenoxy) is 1. The summed E-state index contributed by atoms with van der Waals surface area (Å²) in [5, 5.41) is 0. The Balaban J connectivity index is 2.88. The van der Waals surface area contributed by atoms with Crippen molar-refractivity contribution in [2.75, 3.05) is 13.2 Å². The van der Waals surface area contributed by atoms with E-state index in [2.05, 4.69) is 13.8 Å². The first kappa shape index (κ1) is 19.0. The van der Waals surface area contributed by atoms with Crippen LogP contribution in [0.25, 0.3) is 0 Å². The van der Waals surface area contributed by atoms with E-state index < -0.39 is 0 Å². The normalized spacial score (nSPS) is 11.1. The van der Waals surface area contributed by atoms with Gasteiger partial charge in [-0.2, -0.15) is 0 Å². The van der Waals surface area contributed by atoms with Gasteiger partial charge < -0.3 is 4.74 Å². The van der Waals surface area contributed by atoms with Gasteiger partial charge in [-0.1, -0.05) is 90.9 Å². The van der Waals surface area contributed by atoms with Crippen LogP contribution in [0.3, 0.4) is 0 Å². The fourth-order valence-corrected chi connectivity index (χ4v) is 2.35. The highest BCUT2D eigenvalue weighted by Crippen LogP contribution is 2.09. The number of rotatable bonds is 16. The van der Waals surface area contributed by atoms with Crippen molar-refractivity contribution in [2.45, 2.75) is 96.8 Å². The van der Waals surface area contributed by atoms with Gasteiger partial charge in [0.2, 0.25) is 0 Å². The van der Waals surface area contributed by atoms with Crippen molar-refractivity contribution < 1.29 is 4.74 Å². The molecule has 0 aromatic rings. The van der Waals surface area contributed by atoms with E-state index in [4.69, 9.17) is 4.74 Å². The minimum atomic E-state index is 0.973. The molecule has 0 saturated heterocycles. The summed E-state index contributed by atoms with van der Waals surface area (Å²) in [6.07, 6.45) is 18.7. The van der Waals surface area contributed by atoms with Gasteiger partial charge in [-0.05, 0) is 12.8 Å². The van der Waals surface area contributed by atoms with Gasteiger partial charge in [-0.3, -0.25) is 0 Å². The lowest BCUT2D eigenvalue weighted by Gasteiger charge is -2.04. The average molecular weight is 269 g/mol. The molecule has 1 nitrogen and oxygen atoms in total. The van der Waals surface area contributed by atoms with E-state index in [1.807, 2.05) is 0 Å². The summed E-state index contributed by atoms with van der Waals surface area (Å²) in [6, 6.07) is 0. The van der Waals surface area contributed by atoms with Crippen LogP contribution in [0, 0.1) is 6.92 Å². The van der Waals surface area contributed by atoms with Crippen LogP contribution in [0.15, 0.2) is 0 Å². The zero-order valence-corrected chi connectivity index (χ0v) is 13.4. The SMILES string of the molecule is [CH2]CCCCCCCOCCCCCCCCCC. The largest absolute Gasteiger partial charge is 0.381 e. The molecule has 0 aliphatic rings. The smallest absolute Gasteiger partial charge is 0.0466 e. The minimum Gasteiger partial charge on any atom is -0.381 e. The summed E-state index contributed by atoms with van der Waals surface area (Å²) >= 11 is 0. The summed E-state index contributed by atoms with van der Waals surface area (Å²) < 4.78 is 5.67. The van der Waals surface area contributed by atoms with Crippen molar-refractivity contribution >= 4 is 0 Å². The van der Waals surface area contributed by atoms with E-state index in [0.29, 0.717) is 0 Å². The number of hydrogen-bond donors (Lipinski definition) is 0. The van der Waals surface area contributed by atoms with Gasteiger partial charge >= 0.3 is 0 Å². The van der Waals surface area contributed by atoms with E-state index in [1.165, 1.54) is 83.5 Å². The molecule has 1 heteroatoms. The number of hydrogen-bond acceptors (Lipinski definition) is 1.